The highest BCUT2D eigenvalue weighted by molar-refractivity contribution is 14.0. The van der Waals surface area contributed by atoms with Gasteiger partial charge in [0.25, 0.3) is 0 Å². The van der Waals surface area contributed by atoms with Crippen LogP contribution in [-0.4, -0.2) is 41.8 Å². The van der Waals surface area contributed by atoms with E-state index in [-0.39, 0.29) is 35.9 Å². The van der Waals surface area contributed by atoms with E-state index in [4.69, 9.17) is 0 Å². The third-order valence-corrected chi connectivity index (χ3v) is 5.76. The molecule has 174 valence electrons. The second-order valence-electron chi connectivity index (χ2n) is 7.94. The quantitative estimate of drug-likeness (QED) is 0.198. The molecule has 1 aliphatic rings. The molecule has 1 atom stereocenters. The number of benzene rings is 2. The Balaban J connectivity index is 0.00000306. The third kappa shape index (κ3) is 6.13. The molecular formula is C25H31IN6O. The summed E-state index contributed by atoms with van der Waals surface area (Å²) < 4.78 is 1.85. The summed E-state index contributed by atoms with van der Waals surface area (Å²) in [5, 5.41) is 11.1. The molecule has 2 N–H and O–H groups in total. The van der Waals surface area contributed by atoms with Crippen LogP contribution in [0.3, 0.4) is 0 Å². The van der Waals surface area contributed by atoms with Crippen LogP contribution in [0.5, 0.6) is 0 Å². The maximum atomic E-state index is 12.7. The van der Waals surface area contributed by atoms with E-state index < -0.39 is 0 Å². The molecule has 1 aliphatic heterocycles. The van der Waals surface area contributed by atoms with E-state index in [2.05, 4.69) is 45.8 Å². The van der Waals surface area contributed by atoms with Crippen molar-refractivity contribution in [1.29, 1.82) is 0 Å². The Kier molecular flexibility index (Phi) is 8.87. The molecular weight excluding hydrogens is 527 g/mol. The number of aliphatic imine (C=N–C) groups is 1. The number of nitrogens with one attached hydrogen (secondary N) is 2. The Hall–Kier alpha value is -2.88. The van der Waals surface area contributed by atoms with Crippen LogP contribution >= 0.6 is 24.0 Å². The number of aromatic nitrogens is 2. The average Bonchev–Trinajstić information content (AvgIpc) is 3.51. The lowest BCUT2D eigenvalue weighted by Crippen LogP contribution is -2.39. The van der Waals surface area contributed by atoms with E-state index in [1.165, 1.54) is 5.56 Å². The summed E-state index contributed by atoms with van der Waals surface area (Å²) in [5.41, 5.74) is 4.48. The maximum absolute atomic E-state index is 12.7. The SMILES string of the molecule is CN=C(NCCCC(=O)N1CCc2ccccc21)NC(C)c1cccc(-n2cccn2)c1.I. The normalized spacial score (nSPS) is 13.8. The molecule has 0 saturated carbocycles. The zero-order valence-electron chi connectivity index (χ0n) is 19.1. The molecule has 1 aromatic heterocycles. The molecule has 0 fully saturated rings. The molecule has 0 radical (unpaired) electrons. The average molecular weight is 558 g/mol. The van der Waals surface area contributed by atoms with Crippen LogP contribution in [0, 0.1) is 0 Å². The van der Waals surface area contributed by atoms with Crippen LogP contribution in [-0.2, 0) is 11.2 Å². The van der Waals surface area contributed by atoms with E-state index in [1.54, 1.807) is 13.2 Å². The molecule has 0 bridgehead atoms. The monoisotopic (exact) mass is 558 g/mol. The van der Waals surface area contributed by atoms with Crippen LogP contribution in [0.4, 0.5) is 5.69 Å². The number of hydrogen-bond donors (Lipinski definition) is 2. The number of carbonyl (C=O) groups is 1. The van der Waals surface area contributed by atoms with Crippen molar-refractivity contribution in [3.05, 3.63) is 78.1 Å². The van der Waals surface area contributed by atoms with Crippen LogP contribution in [0.1, 0.15) is 36.9 Å². The van der Waals surface area contributed by atoms with Gasteiger partial charge in [-0.2, -0.15) is 5.10 Å². The maximum Gasteiger partial charge on any atom is 0.227 e. The van der Waals surface area contributed by atoms with Crippen molar-refractivity contribution in [2.24, 2.45) is 4.99 Å². The summed E-state index contributed by atoms with van der Waals surface area (Å²) in [5.74, 6) is 0.907. The summed E-state index contributed by atoms with van der Waals surface area (Å²) in [6, 6.07) is 18.4. The van der Waals surface area contributed by atoms with Crippen molar-refractivity contribution in [2.75, 3.05) is 25.0 Å². The van der Waals surface area contributed by atoms with Crippen molar-refractivity contribution in [2.45, 2.75) is 32.2 Å². The smallest absolute Gasteiger partial charge is 0.227 e. The number of amides is 1. The lowest BCUT2D eigenvalue weighted by atomic mass is 10.1. The van der Waals surface area contributed by atoms with Gasteiger partial charge in [0.05, 0.1) is 11.7 Å². The molecule has 3 aromatic rings. The van der Waals surface area contributed by atoms with Crippen LogP contribution < -0.4 is 15.5 Å². The number of para-hydroxylation sites is 1. The fourth-order valence-corrected chi connectivity index (χ4v) is 4.02. The predicted molar refractivity (Wildman–Crippen MR) is 144 cm³/mol. The van der Waals surface area contributed by atoms with Crippen molar-refractivity contribution < 1.29 is 4.79 Å². The first-order chi connectivity index (χ1) is 15.7. The Morgan fingerprint density at radius 2 is 2.03 bits per heavy atom. The highest BCUT2D eigenvalue weighted by Gasteiger charge is 2.23. The minimum absolute atomic E-state index is 0. The van der Waals surface area contributed by atoms with Crippen LogP contribution in [0.2, 0.25) is 0 Å². The van der Waals surface area contributed by atoms with Gasteiger partial charge in [0.15, 0.2) is 5.96 Å². The molecule has 0 saturated heterocycles. The van der Waals surface area contributed by atoms with E-state index in [0.29, 0.717) is 13.0 Å². The summed E-state index contributed by atoms with van der Waals surface area (Å²) in [4.78, 5) is 18.9. The number of rotatable bonds is 7. The Morgan fingerprint density at radius 3 is 2.82 bits per heavy atom. The lowest BCUT2D eigenvalue weighted by Gasteiger charge is -2.20. The number of fused-ring (bicyclic) bond motifs is 1. The number of nitrogens with zero attached hydrogens (tertiary/aromatic N) is 4. The molecule has 8 heteroatoms. The van der Waals surface area contributed by atoms with E-state index >= 15 is 0 Å². The number of carbonyl (C=O) groups excluding carboxylic acids is 1. The molecule has 7 nitrogen and oxygen atoms in total. The molecule has 2 aromatic carbocycles. The number of hydrogen-bond acceptors (Lipinski definition) is 3. The molecule has 1 amide bonds. The zero-order valence-corrected chi connectivity index (χ0v) is 21.4. The van der Waals surface area contributed by atoms with Gasteiger partial charge in [-0.25, -0.2) is 4.68 Å². The Morgan fingerprint density at radius 1 is 1.18 bits per heavy atom. The first kappa shape index (κ1) is 24.8. The van der Waals surface area contributed by atoms with Gasteiger partial charge in [-0.3, -0.25) is 9.79 Å². The molecule has 33 heavy (non-hydrogen) atoms. The summed E-state index contributed by atoms with van der Waals surface area (Å²) >= 11 is 0. The molecule has 1 unspecified atom stereocenters. The van der Waals surface area contributed by atoms with Crippen molar-refractivity contribution in [3.63, 3.8) is 0 Å². The summed E-state index contributed by atoms with van der Waals surface area (Å²) in [6.07, 6.45) is 5.91. The Labute approximate surface area is 212 Å². The van der Waals surface area contributed by atoms with E-state index in [0.717, 1.165) is 42.3 Å². The topological polar surface area (TPSA) is 74.6 Å². The highest BCUT2D eigenvalue weighted by Crippen LogP contribution is 2.28. The van der Waals surface area contributed by atoms with Gasteiger partial charge in [-0.15, -0.1) is 24.0 Å². The van der Waals surface area contributed by atoms with Crippen LogP contribution in [0.15, 0.2) is 72.0 Å². The molecule has 0 aliphatic carbocycles. The van der Waals surface area contributed by atoms with Crippen molar-refractivity contribution in [3.8, 4) is 5.69 Å². The lowest BCUT2D eigenvalue weighted by molar-refractivity contribution is -0.118. The van der Waals surface area contributed by atoms with Gasteiger partial charge in [0.2, 0.25) is 5.91 Å². The number of anilines is 1. The summed E-state index contributed by atoms with van der Waals surface area (Å²) in [6.45, 7) is 3.56. The number of guanidine groups is 1. The van der Waals surface area contributed by atoms with E-state index in [1.807, 2.05) is 52.2 Å². The Bertz CT molecular complexity index is 1080. The van der Waals surface area contributed by atoms with Crippen molar-refractivity contribution in [1.82, 2.24) is 20.4 Å². The van der Waals surface area contributed by atoms with Gasteiger partial charge in [0, 0.05) is 44.6 Å². The largest absolute Gasteiger partial charge is 0.356 e. The van der Waals surface area contributed by atoms with Crippen molar-refractivity contribution >= 4 is 41.5 Å². The summed E-state index contributed by atoms with van der Waals surface area (Å²) in [7, 11) is 1.76. The first-order valence-corrected chi connectivity index (χ1v) is 11.1. The van der Waals surface area contributed by atoms with E-state index in [9.17, 15) is 4.79 Å². The predicted octanol–water partition coefficient (Wildman–Crippen LogP) is 4.09. The second-order valence-corrected chi connectivity index (χ2v) is 7.94. The fraction of sp³-hybridized carbons (Fsp3) is 0.320. The zero-order chi connectivity index (χ0) is 22.3. The van der Waals surface area contributed by atoms with Crippen LogP contribution in [0.25, 0.3) is 5.69 Å². The number of halogens is 1. The minimum atomic E-state index is 0. The van der Waals surface area contributed by atoms with Gasteiger partial charge in [-0.1, -0.05) is 30.3 Å². The molecule has 2 heterocycles. The standard InChI is InChI=1S/C25H30N6O.HI/c1-19(21-9-5-10-22(18-21)31-16-7-15-28-31)29-25(26-2)27-14-6-12-24(32)30-17-13-20-8-3-4-11-23(20)30;/h3-5,7-11,15-16,18-19H,6,12-14,17H2,1-2H3,(H2,26,27,29);1H. The highest BCUT2D eigenvalue weighted by atomic mass is 127. The third-order valence-electron chi connectivity index (χ3n) is 5.76. The van der Waals surface area contributed by atoms with Gasteiger partial charge < -0.3 is 15.5 Å². The molecule has 0 spiro atoms. The molecule has 4 rings (SSSR count). The van der Waals surface area contributed by atoms with Gasteiger partial charge >= 0.3 is 0 Å². The minimum Gasteiger partial charge on any atom is -0.356 e. The first-order valence-electron chi connectivity index (χ1n) is 11.1. The van der Waals surface area contributed by atoms with Gasteiger partial charge in [0.1, 0.15) is 0 Å². The van der Waals surface area contributed by atoms with Gasteiger partial charge in [-0.05, 0) is 55.2 Å². The second kappa shape index (κ2) is 11.8. The fourth-order valence-electron chi connectivity index (χ4n) is 4.02.